The number of hydrogen-bond acceptors (Lipinski definition) is 4. The molecule has 1 heterocycles. The summed E-state index contributed by atoms with van der Waals surface area (Å²) < 4.78 is 6.20. The third-order valence-electron chi connectivity index (χ3n) is 5.81. The molecule has 0 radical (unpaired) electrons. The second-order valence-electron chi connectivity index (χ2n) is 7.92. The number of allylic oxidation sites excluding steroid dienone is 1. The molecule has 3 N–H and O–H groups in total. The van der Waals surface area contributed by atoms with E-state index < -0.39 is 11.7 Å². The van der Waals surface area contributed by atoms with Crippen molar-refractivity contribution in [2.45, 2.75) is 77.1 Å². The molecule has 1 aliphatic heterocycles. The van der Waals surface area contributed by atoms with E-state index >= 15 is 0 Å². The molecular formula is C21H30O4. The average molecular weight is 346 g/mol. The minimum Gasteiger partial charge on any atom is -0.508 e. The van der Waals surface area contributed by atoms with Crippen LogP contribution in [0.15, 0.2) is 24.0 Å². The Hall–Kier alpha value is -1.52. The smallest absolute Gasteiger partial charge is 0.122 e. The normalized spacial score (nSPS) is 24.9. The van der Waals surface area contributed by atoms with Gasteiger partial charge in [-0.25, -0.2) is 0 Å². The first-order valence-electron chi connectivity index (χ1n) is 9.42. The maximum Gasteiger partial charge on any atom is 0.122 e. The highest BCUT2D eigenvalue weighted by atomic mass is 16.5. The number of phenols is 1. The lowest BCUT2D eigenvalue weighted by Crippen LogP contribution is -2.41. The van der Waals surface area contributed by atoms with Gasteiger partial charge in [0.05, 0.1) is 6.61 Å². The summed E-state index contributed by atoms with van der Waals surface area (Å²) >= 11 is 0. The molecule has 3 atom stereocenters. The van der Waals surface area contributed by atoms with Gasteiger partial charge in [0.25, 0.3) is 0 Å². The van der Waals surface area contributed by atoms with Gasteiger partial charge >= 0.3 is 0 Å². The van der Waals surface area contributed by atoms with Crippen LogP contribution in [-0.4, -0.2) is 27.0 Å². The van der Waals surface area contributed by atoms with E-state index in [4.69, 9.17) is 4.74 Å². The van der Waals surface area contributed by atoms with Gasteiger partial charge in [-0.15, -0.1) is 0 Å². The predicted molar refractivity (Wildman–Crippen MR) is 97.4 cm³/mol. The number of unbranched alkanes of at least 4 members (excludes halogenated alkanes) is 2. The van der Waals surface area contributed by atoms with E-state index in [2.05, 4.69) is 20.8 Å². The van der Waals surface area contributed by atoms with Crippen LogP contribution in [0.2, 0.25) is 0 Å². The lowest BCUT2D eigenvalue weighted by molar-refractivity contribution is -0.0604. The highest BCUT2D eigenvalue weighted by Gasteiger charge is 2.47. The van der Waals surface area contributed by atoms with Gasteiger partial charge in [-0.1, -0.05) is 32.3 Å². The molecule has 1 aromatic rings. The molecule has 0 saturated carbocycles. The maximum atomic E-state index is 10.6. The summed E-state index contributed by atoms with van der Waals surface area (Å²) in [5.74, 6) is 1.08. The molecule has 25 heavy (non-hydrogen) atoms. The zero-order valence-corrected chi connectivity index (χ0v) is 15.5. The molecule has 0 aromatic heterocycles. The van der Waals surface area contributed by atoms with Crippen molar-refractivity contribution in [2.75, 3.05) is 0 Å². The van der Waals surface area contributed by atoms with E-state index in [1.165, 1.54) is 0 Å². The van der Waals surface area contributed by atoms with Crippen LogP contribution in [0, 0.1) is 5.92 Å². The van der Waals surface area contributed by atoms with Crippen molar-refractivity contribution in [3.8, 4) is 5.75 Å². The maximum absolute atomic E-state index is 10.6. The van der Waals surface area contributed by atoms with Crippen LogP contribution in [0.5, 0.6) is 5.75 Å². The van der Waals surface area contributed by atoms with E-state index in [9.17, 15) is 15.3 Å². The molecular weight excluding hydrogens is 316 g/mol. The topological polar surface area (TPSA) is 69.9 Å². The number of ether oxygens (including phenoxy) is 1. The van der Waals surface area contributed by atoms with Gasteiger partial charge in [0.15, 0.2) is 0 Å². The average Bonchev–Trinajstić information content (AvgIpc) is 2.94. The number of hydrogen-bond donors (Lipinski definition) is 3. The first-order valence-corrected chi connectivity index (χ1v) is 9.42. The summed E-state index contributed by atoms with van der Waals surface area (Å²) in [7, 11) is 0. The fourth-order valence-electron chi connectivity index (χ4n) is 4.40. The molecule has 0 saturated heterocycles. The summed E-state index contributed by atoms with van der Waals surface area (Å²) in [5.41, 5.74) is 2.38. The van der Waals surface area contributed by atoms with Crippen molar-refractivity contribution in [1.29, 1.82) is 0 Å². The molecule has 1 aromatic carbocycles. The second kappa shape index (κ2) is 7.00. The van der Waals surface area contributed by atoms with Gasteiger partial charge in [0, 0.05) is 17.4 Å². The van der Waals surface area contributed by atoms with Crippen molar-refractivity contribution in [2.24, 2.45) is 5.92 Å². The summed E-state index contributed by atoms with van der Waals surface area (Å²) in [5, 5.41) is 30.5. The van der Waals surface area contributed by atoms with E-state index in [-0.39, 0.29) is 24.2 Å². The number of aromatic hydroxyl groups is 1. The monoisotopic (exact) mass is 346 g/mol. The van der Waals surface area contributed by atoms with Crippen LogP contribution in [0.25, 0.3) is 0 Å². The standard InChI is InChI=1S/C21H30O4/c1-4-5-6-7-18(24)19-11-14-16(21(2,3)25-19)10-13-8-9-17(23)15(12-22)20(13)14/h8-9,11,14,16,18,22-24H,4-7,10,12H2,1-3H3/t14-,16-,18?/m0/s1. The van der Waals surface area contributed by atoms with Crippen LogP contribution < -0.4 is 0 Å². The zero-order chi connectivity index (χ0) is 18.2. The van der Waals surface area contributed by atoms with Crippen molar-refractivity contribution in [3.63, 3.8) is 0 Å². The largest absolute Gasteiger partial charge is 0.508 e. The van der Waals surface area contributed by atoms with Crippen LogP contribution >= 0.6 is 0 Å². The second-order valence-corrected chi connectivity index (χ2v) is 7.92. The molecule has 4 nitrogen and oxygen atoms in total. The fraction of sp³-hybridized carbons (Fsp3) is 0.619. The Balaban J connectivity index is 1.96. The number of benzene rings is 1. The van der Waals surface area contributed by atoms with Gasteiger partial charge in [0.1, 0.15) is 23.2 Å². The number of rotatable bonds is 6. The zero-order valence-electron chi connectivity index (χ0n) is 15.5. The van der Waals surface area contributed by atoms with Crippen LogP contribution in [-0.2, 0) is 17.8 Å². The lowest BCUT2D eigenvalue weighted by Gasteiger charge is -2.41. The Morgan fingerprint density at radius 1 is 1.28 bits per heavy atom. The predicted octanol–water partition coefficient (Wildman–Crippen LogP) is 3.77. The first-order chi connectivity index (χ1) is 11.9. The lowest BCUT2D eigenvalue weighted by atomic mass is 9.77. The quantitative estimate of drug-likeness (QED) is 0.686. The molecule has 0 bridgehead atoms. The van der Waals surface area contributed by atoms with Crippen molar-refractivity contribution < 1.29 is 20.1 Å². The summed E-state index contributed by atoms with van der Waals surface area (Å²) in [4.78, 5) is 0. The molecule has 0 spiro atoms. The molecule has 3 rings (SSSR count). The minimum atomic E-state index is -0.592. The van der Waals surface area contributed by atoms with Gasteiger partial charge in [-0.05, 0) is 50.0 Å². The van der Waals surface area contributed by atoms with Gasteiger partial charge in [0.2, 0.25) is 0 Å². The molecule has 4 heteroatoms. The SMILES string of the molecule is CCCCCC(O)C1=C[C@@H]2c3c(ccc(O)c3CO)C[C@@H]2C(C)(C)O1. The minimum absolute atomic E-state index is 0.0591. The Bertz CT molecular complexity index is 662. The molecule has 1 unspecified atom stereocenters. The number of fused-ring (bicyclic) bond motifs is 3. The molecule has 0 fully saturated rings. The van der Waals surface area contributed by atoms with Crippen molar-refractivity contribution >= 4 is 0 Å². The highest BCUT2D eigenvalue weighted by molar-refractivity contribution is 5.52. The molecule has 0 amide bonds. The van der Waals surface area contributed by atoms with Crippen LogP contribution in [0.3, 0.4) is 0 Å². The third-order valence-corrected chi connectivity index (χ3v) is 5.81. The summed E-state index contributed by atoms with van der Waals surface area (Å²) in [6, 6.07) is 3.61. The van der Waals surface area contributed by atoms with Crippen molar-refractivity contribution in [3.05, 3.63) is 40.7 Å². The van der Waals surface area contributed by atoms with E-state index in [1.54, 1.807) is 6.07 Å². The van der Waals surface area contributed by atoms with Crippen molar-refractivity contribution in [1.82, 2.24) is 0 Å². The van der Waals surface area contributed by atoms with Crippen LogP contribution in [0.4, 0.5) is 0 Å². The molecule has 138 valence electrons. The third kappa shape index (κ3) is 3.30. The van der Waals surface area contributed by atoms with Crippen LogP contribution in [0.1, 0.15) is 69.1 Å². The summed E-state index contributed by atoms with van der Waals surface area (Å²) in [6.45, 7) is 6.11. The number of aliphatic hydroxyl groups is 2. The van der Waals surface area contributed by atoms with Gasteiger partial charge in [-0.3, -0.25) is 0 Å². The Morgan fingerprint density at radius 2 is 2.04 bits per heavy atom. The first kappa shape index (κ1) is 18.3. The molecule has 2 aliphatic rings. The Kier molecular flexibility index (Phi) is 5.12. The van der Waals surface area contributed by atoms with Gasteiger partial charge < -0.3 is 20.1 Å². The highest BCUT2D eigenvalue weighted by Crippen LogP contribution is 2.52. The van der Waals surface area contributed by atoms with E-state index in [0.29, 0.717) is 17.7 Å². The van der Waals surface area contributed by atoms with Gasteiger partial charge in [-0.2, -0.15) is 0 Å². The Labute approximate surface area is 150 Å². The fourth-order valence-corrected chi connectivity index (χ4v) is 4.40. The van der Waals surface area contributed by atoms with E-state index in [0.717, 1.165) is 36.8 Å². The number of aliphatic hydroxyl groups excluding tert-OH is 2. The Morgan fingerprint density at radius 3 is 2.72 bits per heavy atom. The van der Waals surface area contributed by atoms with E-state index in [1.807, 2.05) is 12.1 Å². The molecule has 1 aliphatic carbocycles. The summed E-state index contributed by atoms with van der Waals surface area (Å²) in [6.07, 6.45) is 6.19.